The molecule has 1 fully saturated rings. The number of carboxylic acids is 1. The molecule has 0 aliphatic carbocycles. The molecule has 0 aromatic carbocycles. The summed E-state index contributed by atoms with van der Waals surface area (Å²) in [6, 6.07) is 3.87. The standard InChI is InChI=1S/C11H13NO3S/c13-10(5-9-2-1-3-16-9)12-6-8(7-12)4-11(14)15/h1-3,8H,4-7H2,(H,14,15). The summed E-state index contributed by atoms with van der Waals surface area (Å²) < 4.78 is 0. The first-order chi connectivity index (χ1) is 7.65. The van der Waals surface area contributed by atoms with Gasteiger partial charge in [0.25, 0.3) is 0 Å². The minimum Gasteiger partial charge on any atom is -0.481 e. The number of likely N-dealkylation sites (tertiary alicyclic amines) is 1. The second-order valence-corrected chi connectivity index (χ2v) is 5.05. The van der Waals surface area contributed by atoms with Crippen LogP contribution in [0.5, 0.6) is 0 Å². The molecular weight excluding hydrogens is 226 g/mol. The summed E-state index contributed by atoms with van der Waals surface area (Å²) in [6.45, 7) is 1.19. The molecule has 1 N–H and O–H groups in total. The van der Waals surface area contributed by atoms with E-state index in [2.05, 4.69) is 0 Å². The fourth-order valence-corrected chi connectivity index (χ4v) is 2.52. The Morgan fingerprint density at radius 3 is 2.81 bits per heavy atom. The number of thiophene rings is 1. The zero-order valence-electron chi connectivity index (χ0n) is 8.76. The molecule has 1 aliphatic rings. The van der Waals surface area contributed by atoms with E-state index in [1.807, 2.05) is 17.5 Å². The van der Waals surface area contributed by atoms with E-state index in [1.165, 1.54) is 0 Å². The van der Waals surface area contributed by atoms with Gasteiger partial charge < -0.3 is 10.0 Å². The van der Waals surface area contributed by atoms with Crippen molar-refractivity contribution >= 4 is 23.2 Å². The van der Waals surface area contributed by atoms with Gasteiger partial charge in [0.2, 0.25) is 5.91 Å². The second-order valence-electron chi connectivity index (χ2n) is 4.02. The highest BCUT2D eigenvalue weighted by Gasteiger charge is 2.31. The van der Waals surface area contributed by atoms with E-state index >= 15 is 0 Å². The number of rotatable bonds is 4. The van der Waals surface area contributed by atoms with Gasteiger partial charge in [-0.1, -0.05) is 6.07 Å². The van der Waals surface area contributed by atoms with E-state index in [9.17, 15) is 9.59 Å². The number of nitrogens with zero attached hydrogens (tertiary/aromatic N) is 1. The van der Waals surface area contributed by atoms with Gasteiger partial charge in [-0.15, -0.1) is 11.3 Å². The van der Waals surface area contributed by atoms with Crippen LogP contribution in [0.15, 0.2) is 17.5 Å². The van der Waals surface area contributed by atoms with Gasteiger partial charge in [0.1, 0.15) is 0 Å². The lowest BCUT2D eigenvalue weighted by atomic mass is 9.96. The Balaban J connectivity index is 1.75. The summed E-state index contributed by atoms with van der Waals surface area (Å²) >= 11 is 1.57. The first-order valence-electron chi connectivity index (χ1n) is 5.17. The van der Waals surface area contributed by atoms with E-state index in [4.69, 9.17) is 5.11 Å². The first kappa shape index (κ1) is 11.1. The summed E-state index contributed by atoms with van der Waals surface area (Å²) in [5.74, 6) is -0.538. The van der Waals surface area contributed by atoms with Crippen molar-refractivity contribution in [2.45, 2.75) is 12.8 Å². The van der Waals surface area contributed by atoms with Crippen LogP contribution in [-0.2, 0) is 16.0 Å². The van der Waals surface area contributed by atoms with Gasteiger partial charge in [0.15, 0.2) is 0 Å². The van der Waals surface area contributed by atoms with Crippen molar-refractivity contribution in [3.8, 4) is 0 Å². The number of carboxylic acid groups (broad SMARTS) is 1. The SMILES string of the molecule is O=C(O)CC1CN(C(=O)Cc2cccs2)C1. The molecule has 0 saturated carbocycles. The van der Waals surface area contributed by atoms with Gasteiger partial charge >= 0.3 is 5.97 Å². The summed E-state index contributed by atoms with van der Waals surface area (Å²) in [6.07, 6.45) is 0.611. The van der Waals surface area contributed by atoms with Gasteiger partial charge in [0, 0.05) is 23.9 Å². The lowest BCUT2D eigenvalue weighted by Crippen LogP contribution is -2.51. The normalized spacial score (nSPS) is 15.9. The Hall–Kier alpha value is -1.36. The number of aliphatic carboxylic acids is 1. The molecule has 0 unspecified atom stereocenters. The van der Waals surface area contributed by atoms with Crippen molar-refractivity contribution in [3.63, 3.8) is 0 Å². The van der Waals surface area contributed by atoms with Crippen molar-refractivity contribution in [2.24, 2.45) is 5.92 Å². The molecule has 1 aliphatic heterocycles. The molecule has 4 nitrogen and oxygen atoms in total. The maximum atomic E-state index is 11.7. The third kappa shape index (κ3) is 2.61. The van der Waals surface area contributed by atoms with E-state index in [1.54, 1.807) is 16.2 Å². The Morgan fingerprint density at radius 2 is 2.25 bits per heavy atom. The highest BCUT2D eigenvalue weighted by molar-refractivity contribution is 7.10. The van der Waals surface area contributed by atoms with Crippen LogP contribution in [0, 0.1) is 5.92 Å². The van der Waals surface area contributed by atoms with Crippen LogP contribution in [0.1, 0.15) is 11.3 Å². The third-order valence-corrected chi connectivity index (χ3v) is 3.56. The van der Waals surface area contributed by atoms with Crippen LogP contribution in [0.2, 0.25) is 0 Å². The van der Waals surface area contributed by atoms with E-state index < -0.39 is 5.97 Å². The second kappa shape index (κ2) is 4.65. The number of hydrogen-bond acceptors (Lipinski definition) is 3. The van der Waals surface area contributed by atoms with Crippen molar-refractivity contribution in [1.82, 2.24) is 4.90 Å². The van der Waals surface area contributed by atoms with Crippen LogP contribution in [0.4, 0.5) is 0 Å². The van der Waals surface area contributed by atoms with Gasteiger partial charge in [-0.2, -0.15) is 0 Å². The van der Waals surface area contributed by atoms with Gasteiger partial charge in [0.05, 0.1) is 12.8 Å². The predicted octanol–water partition coefficient (Wildman–Crippen LogP) is 1.22. The van der Waals surface area contributed by atoms with Crippen LogP contribution in [0.25, 0.3) is 0 Å². The number of hydrogen-bond donors (Lipinski definition) is 1. The molecular formula is C11H13NO3S. The third-order valence-electron chi connectivity index (χ3n) is 2.68. The average Bonchev–Trinajstić information content (AvgIpc) is 2.62. The Morgan fingerprint density at radius 1 is 1.50 bits per heavy atom. The van der Waals surface area contributed by atoms with Crippen molar-refractivity contribution in [2.75, 3.05) is 13.1 Å². The molecule has 86 valence electrons. The Labute approximate surface area is 97.5 Å². The molecule has 0 atom stereocenters. The molecule has 0 spiro atoms. The Bertz CT molecular complexity index is 382. The van der Waals surface area contributed by atoms with Crippen molar-refractivity contribution in [1.29, 1.82) is 0 Å². The lowest BCUT2D eigenvalue weighted by Gasteiger charge is -2.38. The molecule has 1 saturated heterocycles. The lowest BCUT2D eigenvalue weighted by molar-refractivity contribution is -0.144. The van der Waals surface area contributed by atoms with Crippen LogP contribution in [0.3, 0.4) is 0 Å². The molecule has 1 amide bonds. The number of carbonyl (C=O) groups excluding carboxylic acids is 1. The Kier molecular flexibility index (Phi) is 3.24. The molecule has 0 radical (unpaired) electrons. The highest BCUT2D eigenvalue weighted by atomic mass is 32.1. The molecule has 2 rings (SSSR count). The molecule has 1 aromatic heterocycles. The maximum absolute atomic E-state index is 11.7. The van der Waals surface area contributed by atoms with Crippen molar-refractivity contribution in [3.05, 3.63) is 22.4 Å². The summed E-state index contributed by atoms with van der Waals surface area (Å²) in [7, 11) is 0. The minimum atomic E-state index is -0.782. The highest BCUT2D eigenvalue weighted by Crippen LogP contribution is 2.21. The molecule has 16 heavy (non-hydrogen) atoms. The molecule has 5 heteroatoms. The van der Waals surface area contributed by atoms with E-state index in [0.29, 0.717) is 19.5 Å². The largest absolute Gasteiger partial charge is 0.481 e. The summed E-state index contributed by atoms with van der Waals surface area (Å²) in [5, 5.41) is 10.5. The van der Waals surface area contributed by atoms with Crippen molar-refractivity contribution < 1.29 is 14.7 Å². The summed E-state index contributed by atoms with van der Waals surface area (Å²) in [5.41, 5.74) is 0. The zero-order valence-corrected chi connectivity index (χ0v) is 9.57. The average molecular weight is 239 g/mol. The van der Waals surface area contributed by atoms with Gasteiger partial charge in [-0.25, -0.2) is 0 Å². The van der Waals surface area contributed by atoms with E-state index in [-0.39, 0.29) is 18.2 Å². The number of amides is 1. The monoisotopic (exact) mass is 239 g/mol. The quantitative estimate of drug-likeness (QED) is 0.859. The molecule has 0 bridgehead atoms. The fraction of sp³-hybridized carbons (Fsp3) is 0.455. The van der Waals surface area contributed by atoms with Gasteiger partial charge in [-0.3, -0.25) is 9.59 Å². The topological polar surface area (TPSA) is 57.6 Å². The maximum Gasteiger partial charge on any atom is 0.303 e. The molecule has 1 aromatic rings. The van der Waals surface area contributed by atoms with Crippen LogP contribution >= 0.6 is 11.3 Å². The van der Waals surface area contributed by atoms with Crippen LogP contribution < -0.4 is 0 Å². The van der Waals surface area contributed by atoms with E-state index in [0.717, 1.165) is 4.88 Å². The smallest absolute Gasteiger partial charge is 0.303 e. The predicted molar refractivity (Wildman–Crippen MR) is 60.3 cm³/mol. The number of carbonyl (C=O) groups is 2. The minimum absolute atomic E-state index is 0.101. The summed E-state index contributed by atoms with van der Waals surface area (Å²) in [4.78, 5) is 24.9. The van der Waals surface area contributed by atoms with Crippen LogP contribution in [-0.4, -0.2) is 35.0 Å². The van der Waals surface area contributed by atoms with Gasteiger partial charge in [-0.05, 0) is 11.4 Å². The molecule has 2 heterocycles. The zero-order chi connectivity index (χ0) is 11.5. The first-order valence-corrected chi connectivity index (χ1v) is 6.05. The fourth-order valence-electron chi connectivity index (χ4n) is 1.82.